The van der Waals surface area contributed by atoms with Crippen molar-refractivity contribution in [2.45, 2.75) is 18.9 Å². The number of hydrogen-bond acceptors (Lipinski definition) is 4. The predicted molar refractivity (Wildman–Crippen MR) is 57.3 cm³/mol. The molecule has 0 saturated carbocycles. The molecule has 0 aromatic carbocycles. The van der Waals surface area contributed by atoms with Crippen LogP contribution in [0.4, 0.5) is 0 Å². The molecule has 0 radical (unpaired) electrons. The molecule has 0 amide bonds. The molecule has 16 heavy (non-hydrogen) atoms. The Morgan fingerprint density at radius 3 is 2.75 bits per heavy atom. The maximum Gasteiger partial charge on any atom is 0.331 e. The molecule has 0 bridgehead atoms. The predicted octanol–water partition coefficient (Wildman–Crippen LogP) is 0.732. The summed E-state index contributed by atoms with van der Waals surface area (Å²) in [4.78, 5) is 21.4. The van der Waals surface area contributed by atoms with E-state index in [0.29, 0.717) is 12.1 Å². The van der Waals surface area contributed by atoms with Gasteiger partial charge in [-0.25, -0.2) is 9.59 Å². The zero-order chi connectivity index (χ0) is 12.2. The van der Waals surface area contributed by atoms with Crippen LogP contribution in [0.5, 0.6) is 0 Å². The van der Waals surface area contributed by atoms with E-state index in [-0.39, 0.29) is 0 Å². The van der Waals surface area contributed by atoms with Gasteiger partial charge < -0.3 is 15.6 Å². The Morgan fingerprint density at radius 1 is 1.56 bits per heavy atom. The van der Waals surface area contributed by atoms with E-state index in [4.69, 9.17) is 15.6 Å². The third kappa shape index (κ3) is 3.61. The molecule has 1 atom stereocenters. The topological polar surface area (TPSA) is 89.6 Å². The Balaban J connectivity index is 2.58. The van der Waals surface area contributed by atoms with Crippen LogP contribution in [-0.4, -0.2) is 22.6 Å². The average molecular weight is 223 g/mol. The smallest absolute Gasteiger partial charge is 0.331 e. The standard InChI is InChI=1S/C11H13NO4/c1-11(6-4-8(12)5-7-11)16-10(15)3-2-9(13)14/h2-6H,7,12H2,1H3,(H,13,14)/b3-2+. The van der Waals surface area contributed by atoms with Gasteiger partial charge in [0.15, 0.2) is 0 Å². The number of carboxylic acids is 1. The lowest BCUT2D eigenvalue weighted by atomic mass is 9.96. The minimum Gasteiger partial charge on any atom is -0.478 e. The van der Waals surface area contributed by atoms with E-state index in [1.54, 1.807) is 25.2 Å². The van der Waals surface area contributed by atoms with E-state index in [0.717, 1.165) is 12.2 Å². The number of allylic oxidation sites excluding steroid dienone is 1. The van der Waals surface area contributed by atoms with Gasteiger partial charge in [0.1, 0.15) is 5.60 Å². The zero-order valence-corrected chi connectivity index (χ0v) is 8.84. The van der Waals surface area contributed by atoms with Gasteiger partial charge in [-0.05, 0) is 19.1 Å². The molecule has 86 valence electrons. The van der Waals surface area contributed by atoms with Gasteiger partial charge in [-0.3, -0.25) is 0 Å². The van der Waals surface area contributed by atoms with E-state index in [9.17, 15) is 9.59 Å². The van der Waals surface area contributed by atoms with Crippen molar-refractivity contribution < 1.29 is 19.4 Å². The molecule has 0 heterocycles. The Bertz CT molecular complexity index is 395. The van der Waals surface area contributed by atoms with Crippen LogP contribution in [0.15, 0.2) is 36.1 Å². The highest BCUT2D eigenvalue weighted by Gasteiger charge is 2.25. The van der Waals surface area contributed by atoms with Gasteiger partial charge in [-0.2, -0.15) is 0 Å². The lowest BCUT2D eigenvalue weighted by Gasteiger charge is -2.26. The molecule has 1 aliphatic rings. The summed E-state index contributed by atoms with van der Waals surface area (Å²) in [6, 6.07) is 0. The number of nitrogens with two attached hydrogens (primary N) is 1. The summed E-state index contributed by atoms with van der Waals surface area (Å²) in [7, 11) is 0. The number of hydrogen-bond donors (Lipinski definition) is 2. The van der Waals surface area contributed by atoms with Gasteiger partial charge in [-0.1, -0.05) is 6.08 Å². The molecule has 0 spiro atoms. The first kappa shape index (κ1) is 12.0. The summed E-state index contributed by atoms with van der Waals surface area (Å²) in [5.41, 5.74) is 5.39. The first-order chi connectivity index (χ1) is 7.41. The van der Waals surface area contributed by atoms with Crippen LogP contribution >= 0.6 is 0 Å². The van der Waals surface area contributed by atoms with E-state index in [1.165, 1.54) is 0 Å². The average Bonchev–Trinajstić information content (AvgIpc) is 2.20. The highest BCUT2D eigenvalue weighted by atomic mass is 16.6. The van der Waals surface area contributed by atoms with Crippen molar-refractivity contribution in [3.63, 3.8) is 0 Å². The van der Waals surface area contributed by atoms with Crippen molar-refractivity contribution in [3.8, 4) is 0 Å². The van der Waals surface area contributed by atoms with Crippen molar-refractivity contribution in [1.82, 2.24) is 0 Å². The first-order valence-electron chi connectivity index (χ1n) is 4.70. The number of rotatable bonds is 3. The third-order valence-corrected chi connectivity index (χ3v) is 2.07. The van der Waals surface area contributed by atoms with Gasteiger partial charge in [0.25, 0.3) is 0 Å². The molecule has 5 heteroatoms. The number of carboxylic acid groups (broad SMARTS) is 1. The lowest BCUT2D eigenvalue weighted by Crippen LogP contribution is -2.30. The summed E-state index contributed by atoms with van der Waals surface area (Å²) in [6.07, 6.45) is 7.16. The number of aliphatic carboxylic acids is 1. The molecule has 0 aromatic heterocycles. The van der Waals surface area contributed by atoms with Gasteiger partial charge in [0, 0.05) is 24.3 Å². The van der Waals surface area contributed by atoms with Gasteiger partial charge in [0.2, 0.25) is 0 Å². The second kappa shape index (κ2) is 4.65. The maximum atomic E-state index is 11.2. The highest BCUT2D eigenvalue weighted by Crippen LogP contribution is 2.23. The van der Waals surface area contributed by atoms with Crippen molar-refractivity contribution in [2.75, 3.05) is 0 Å². The fourth-order valence-electron chi connectivity index (χ4n) is 1.21. The van der Waals surface area contributed by atoms with E-state index < -0.39 is 17.5 Å². The minimum atomic E-state index is -1.19. The second-order valence-corrected chi connectivity index (χ2v) is 3.65. The molecular formula is C11H13NO4. The molecule has 1 unspecified atom stereocenters. The molecular weight excluding hydrogens is 210 g/mol. The molecule has 1 aliphatic carbocycles. The van der Waals surface area contributed by atoms with Crippen LogP contribution < -0.4 is 5.73 Å². The fraction of sp³-hybridized carbons (Fsp3) is 0.273. The molecule has 5 nitrogen and oxygen atoms in total. The van der Waals surface area contributed by atoms with Gasteiger partial charge >= 0.3 is 11.9 Å². The van der Waals surface area contributed by atoms with Crippen molar-refractivity contribution >= 4 is 11.9 Å². The summed E-state index contributed by atoms with van der Waals surface area (Å²) in [5, 5.41) is 8.33. The van der Waals surface area contributed by atoms with Crippen LogP contribution in [0.2, 0.25) is 0 Å². The number of carbonyl (C=O) groups is 2. The van der Waals surface area contributed by atoms with Crippen LogP contribution in [0.25, 0.3) is 0 Å². The molecule has 3 N–H and O–H groups in total. The van der Waals surface area contributed by atoms with Crippen LogP contribution in [0.3, 0.4) is 0 Å². The molecule has 0 fully saturated rings. The Hall–Kier alpha value is -2.04. The second-order valence-electron chi connectivity index (χ2n) is 3.65. The summed E-state index contributed by atoms with van der Waals surface area (Å²) in [6.45, 7) is 1.72. The quantitative estimate of drug-likeness (QED) is 0.543. The summed E-state index contributed by atoms with van der Waals surface area (Å²) in [5.74, 6) is -1.88. The fourth-order valence-corrected chi connectivity index (χ4v) is 1.21. The molecule has 0 aromatic rings. The SMILES string of the molecule is CC1(OC(=O)/C=C/C(=O)O)C=CC(N)=CC1. The number of esters is 1. The molecule has 1 rings (SSSR count). The third-order valence-electron chi connectivity index (χ3n) is 2.07. The Kier molecular flexibility index (Phi) is 3.50. The van der Waals surface area contributed by atoms with Crippen molar-refractivity contribution in [1.29, 1.82) is 0 Å². The van der Waals surface area contributed by atoms with Gasteiger partial charge in [-0.15, -0.1) is 0 Å². The number of ether oxygens (including phenoxy) is 1. The van der Waals surface area contributed by atoms with Gasteiger partial charge in [0.05, 0.1) is 0 Å². The summed E-state index contributed by atoms with van der Waals surface area (Å²) >= 11 is 0. The Labute approximate surface area is 92.9 Å². The molecule has 0 aliphatic heterocycles. The van der Waals surface area contributed by atoms with E-state index >= 15 is 0 Å². The normalized spacial score (nSPS) is 24.2. The van der Waals surface area contributed by atoms with Crippen molar-refractivity contribution in [2.24, 2.45) is 5.73 Å². The lowest BCUT2D eigenvalue weighted by molar-refractivity contribution is -0.147. The largest absolute Gasteiger partial charge is 0.478 e. The minimum absolute atomic E-state index is 0.474. The van der Waals surface area contributed by atoms with Crippen LogP contribution in [0, 0.1) is 0 Å². The summed E-state index contributed by atoms with van der Waals surface area (Å²) < 4.78 is 5.10. The monoisotopic (exact) mass is 223 g/mol. The molecule has 0 saturated heterocycles. The first-order valence-corrected chi connectivity index (χ1v) is 4.70. The van der Waals surface area contributed by atoms with E-state index in [1.807, 2.05) is 0 Å². The highest BCUT2D eigenvalue weighted by molar-refractivity contribution is 5.91. The maximum absolute atomic E-state index is 11.2. The van der Waals surface area contributed by atoms with Crippen LogP contribution in [0.1, 0.15) is 13.3 Å². The van der Waals surface area contributed by atoms with E-state index in [2.05, 4.69) is 0 Å². The number of carbonyl (C=O) groups excluding carboxylic acids is 1. The Morgan fingerprint density at radius 2 is 2.25 bits per heavy atom. The van der Waals surface area contributed by atoms with Crippen LogP contribution in [-0.2, 0) is 14.3 Å². The van der Waals surface area contributed by atoms with Crippen molar-refractivity contribution in [3.05, 3.63) is 36.1 Å². The zero-order valence-electron chi connectivity index (χ0n) is 8.84.